The lowest BCUT2D eigenvalue weighted by molar-refractivity contribution is -0.144. The molecule has 0 aliphatic carbocycles. The van der Waals surface area contributed by atoms with Crippen molar-refractivity contribution in [2.24, 2.45) is 7.05 Å². The summed E-state index contributed by atoms with van der Waals surface area (Å²) in [4.78, 5) is 17.3. The van der Waals surface area contributed by atoms with E-state index in [1.54, 1.807) is 23.9 Å². The molecule has 0 fully saturated rings. The van der Waals surface area contributed by atoms with Crippen LogP contribution < -0.4 is 10.1 Å². The number of pyridine rings is 1. The van der Waals surface area contributed by atoms with Crippen molar-refractivity contribution in [1.29, 1.82) is 5.26 Å². The van der Waals surface area contributed by atoms with Gasteiger partial charge in [-0.15, -0.1) is 0 Å². The van der Waals surface area contributed by atoms with Crippen LogP contribution in [0.5, 0.6) is 5.88 Å². The minimum atomic E-state index is -4.65. The molecule has 1 aromatic carbocycles. The van der Waals surface area contributed by atoms with Crippen LogP contribution in [0.2, 0.25) is 0 Å². The van der Waals surface area contributed by atoms with Crippen LogP contribution in [0.3, 0.4) is 0 Å². The maximum absolute atomic E-state index is 13.6. The van der Waals surface area contributed by atoms with Gasteiger partial charge in [0.25, 0.3) is 0 Å². The Bertz CT molecular complexity index is 1420. The van der Waals surface area contributed by atoms with Crippen molar-refractivity contribution in [3.05, 3.63) is 70.0 Å². The summed E-state index contributed by atoms with van der Waals surface area (Å²) in [6, 6.07) is 10.7. The zero-order valence-corrected chi connectivity index (χ0v) is 23.7. The molecule has 1 atom stereocenters. The number of anilines is 1. The number of fused-ring (bicyclic) bond motifs is 1. The molecule has 42 heavy (non-hydrogen) atoms. The van der Waals surface area contributed by atoms with Crippen LogP contribution >= 0.6 is 0 Å². The fourth-order valence-electron chi connectivity index (χ4n) is 4.84. The largest absolute Gasteiger partial charge is 0.477 e. The Morgan fingerprint density at radius 1 is 1.17 bits per heavy atom. The van der Waals surface area contributed by atoms with Crippen LogP contribution in [0.15, 0.2) is 36.4 Å². The third-order valence-corrected chi connectivity index (χ3v) is 6.96. The second kappa shape index (κ2) is 14.2. The highest BCUT2D eigenvalue weighted by Gasteiger charge is 2.32. The molecular formula is C30H34F3N5O4. The quantitative estimate of drug-likeness (QED) is 0.221. The number of nitrogens with one attached hydrogen (secondary N) is 1. The van der Waals surface area contributed by atoms with Gasteiger partial charge >= 0.3 is 12.1 Å². The van der Waals surface area contributed by atoms with Crippen LogP contribution in [0.1, 0.15) is 58.8 Å². The van der Waals surface area contributed by atoms with Gasteiger partial charge in [0.05, 0.1) is 42.5 Å². The van der Waals surface area contributed by atoms with Crippen LogP contribution in [-0.4, -0.2) is 54.2 Å². The predicted molar refractivity (Wildman–Crippen MR) is 148 cm³/mol. The van der Waals surface area contributed by atoms with Gasteiger partial charge in [-0.25, -0.2) is 9.67 Å². The van der Waals surface area contributed by atoms with Gasteiger partial charge in [-0.3, -0.25) is 4.79 Å². The fourth-order valence-corrected chi connectivity index (χ4v) is 4.84. The summed E-state index contributed by atoms with van der Waals surface area (Å²) in [5, 5.41) is 17.2. The number of methoxy groups -OCH3 is 1. The van der Waals surface area contributed by atoms with E-state index in [0.717, 1.165) is 43.0 Å². The lowest BCUT2D eigenvalue weighted by Crippen LogP contribution is -2.15. The first-order valence-corrected chi connectivity index (χ1v) is 13.8. The van der Waals surface area contributed by atoms with Gasteiger partial charge in [0, 0.05) is 51.9 Å². The van der Waals surface area contributed by atoms with E-state index in [4.69, 9.17) is 14.2 Å². The lowest BCUT2D eigenvalue weighted by Gasteiger charge is -2.18. The Hall–Kier alpha value is -4.11. The van der Waals surface area contributed by atoms with E-state index in [2.05, 4.69) is 21.5 Å². The number of alkyl halides is 3. The van der Waals surface area contributed by atoms with Gasteiger partial charge in [-0.1, -0.05) is 6.07 Å². The third kappa shape index (κ3) is 8.45. The van der Waals surface area contributed by atoms with E-state index in [0.29, 0.717) is 37.6 Å². The number of aryl methyl sites for hydroxylation is 2. The van der Waals surface area contributed by atoms with Crippen molar-refractivity contribution >= 4 is 11.8 Å². The highest BCUT2D eigenvalue weighted by Crippen LogP contribution is 2.34. The minimum Gasteiger partial charge on any atom is -0.477 e. The summed E-state index contributed by atoms with van der Waals surface area (Å²) < 4.78 is 58.5. The average Bonchev–Trinajstić information content (AvgIpc) is 3.32. The maximum Gasteiger partial charge on any atom is 0.416 e. The number of hydrogen-bond acceptors (Lipinski definition) is 8. The molecule has 0 saturated heterocycles. The van der Waals surface area contributed by atoms with Crippen molar-refractivity contribution in [3.63, 3.8) is 0 Å². The molecule has 4 rings (SSSR count). The van der Waals surface area contributed by atoms with Gasteiger partial charge < -0.3 is 19.5 Å². The number of carbonyl (C=O) groups excluding carboxylic acids is 1. The Labute approximate surface area is 242 Å². The van der Waals surface area contributed by atoms with Crippen LogP contribution in [-0.2, 0) is 46.8 Å². The molecule has 3 heterocycles. The standard InChI is InChI=1S/C30H34F3N5O4/c1-38-27(41-12-8-25-7-6-21-5-3-9-35-29(21)36-25)18-26(37-38)16-23(17-28(39)42-11-4-10-40-2)22-13-20(19-34)14-24(15-22)30(31,32)33/h6-7,13-15,18,23H,3-5,8-12,16-17H2,1-2H3,(H,35,36). The zero-order valence-electron chi connectivity index (χ0n) is 23.7. The highest BCUT2D eigenvalue weighted by atomic mass is 19.4. The van der Waals surface area contributed by atoms with Gasteiger partial charge in [0.2, 0.25) is 5.88 Å². The molecule has 1 aliphatic heterocycles. The maximum atomic E-state index is 13.6. The summed E-state index contributed by atoms with van der Waals surface area (Å²) in [5.74, 6) is 0.110. The molecule has 0 amide bonds. The lowest BCUT2D eigenvalue weighted by atomic mass is 9.89. The minimum absolute atomic E-state index is 0.127. The second-order valence-electron chi connectivity index (χ2n) is 10.2. The smallest absolute Gasteiger partial charge is 0.416 e. The molecule has 12 heteroatoms. The summed E-state index contributed by atoms with van der Waals surface area (Å²) in [7, 11) is 3.24. The van der Waals surface area contributed by atoms with E-state index in [9.17, 15) is 23.2 Å². The van der Waals surface area contributed by atoms with Crippen LogP contribution in [0, 0.1) is 11.3 Å². The molecule has 0 spiro atoms. The monoisotopic (exact) mass is 585 g/mol. The highest BCUT2D eigenvalue weighted by molar-refractivity contribution is 5.70. The van der Waals surface area contributed by atoms with Gasteiger partial charge in [-0.05, 0) is 60.6 Å². The molecule has 9 nitrogen and oxygen atoms in total. The Kier molecular flexibility index (Phi) is 10.4. The molecule has 3 aromatic rings. The number of nitrogens with zero attached hydrogens (tertiary/aromatic N) is 4. The number of benzene rings is 1. The number of halogens is 3. The number of ether oxygens (including phenoxy) is 3. The van der Waals surface area contributed by atoms with E-state index in [-0.39, 0.29) is 30.6 Å². The van der Waals surface area contributed by atoms with Crippen molar-refractivity contribution < 1.29 is 32.2 Å². The number of nitriles is 1. The van der Waals surface area contributed by atoms with Gasteiger partial charge in [-0.2, -0.15) is 23.5 Å². The number of carbonyl (C=O) groups is 1. The van der Waals surface area contributed by atoms with Crippen molar-refractivity contribution in [1.82, 2.24) is 14.8 Å². The Morgan fingerprint density at radius 2 is 2.00 bits per heavy atom. The molecule has 1 N–H and O–H groups in total. The fraction of sp³-hybridized carbons (Fsp3) is 0.467. The molecule has 0 saturated carbocycles. The SMILES string of the molecule is COCCCOC(=O)CC(Cc1cc(OCCc2ccc3c(n2)NCCC3)n(C)n1)c1cc(C#N)cc(C(F)(F)F)c1. The summed E-state index contributed by atoms with van der Waals surface area (Å²) in [6.07, 6.45) is -1.54. The summed E-state index contributed by atoms with van der Waals surface area (Å²) in [6.45, 7) is 1.79. The molecule has 2 aromatic heterocycles. The molecule has 1 aliphatic rings. The predicted octanol–water partition coefficient (Wildman–Crippen LogP) is 4.98. The van der Waals surface area contributed by atoms with Gasteiger partial charge in [0.15, 0.2) is 0 Å². The van der Waals surface area contributed by atoms with E-state index < -0.39 is 23.6 Å². The van der Waals surface area contributed by atoms with Crippen LogP contribution in [0.4, 0.5) is 19.0 Å². The van der Waals surface area contributed by atoms with E-state index >= 15 is 0 Å². The van der Waals surface area contributed by atoms with Crippen molar-refractivity contribution in [3.8, 4) is 11.9 Å². The number of aromatic nitrogens is 3. The first-order valence-electron chi connectivity index (χ1n) is 13.8. The third-order valence-electron chi connectivity index (χ3n) is 6.96. The summed E-state index contributed by atoms with van der Waals surface area (Å²) in [5.41, 5.74) is 1.73. The molecule has 224 valence electrons. The first-order chi connectivity index (χ1) is 20.2. The molecular weight excluding hydrogens is 551 g/mol. The van der Waals surface area contributed by atoms with Crippen LogP contribution in [0.25, 0.3) is 0 Å². The normalized spacial score (nSPS) is 13.5. The molecule has 1 unspecified atom stereocenters. The molecule has 0 radical (unpaired) electrons. The molecule has 0 bridgehead atoms. The van der Waals surface area contributed by atoms with E-state index in [1.165, 1.54) is 18.7 Å². The topological polar surface area (TPSA) is 111 Å². The van der Waals surface area contributed by atoms with E-state index in [1.807, 2.05) is 6.07 Å². The number of hydrogen-bond donors (Lipinski definition) is 1. The van der Waals surface area contributed by atoms with Crippen molar-refractivity contribution in [2.75, 3.05) is 38.8 Å². The Morgan fingerprint density at radius 3 is 2.76 bits per heavy atom. The summed E-state index contributed by atoms with van der Waals surface area (Å²) >= 11 is 0. The second-order valence-corrected chi connectivity index (χ2v) is 10.2. The Balaban J connectivity index is 1.48. The number of rotatable bonds is 13. The number of esters is 1. The average molecular weight is 586 g/mol. The first kappa shape index (κ1) is 30.8. The van der Waals surface area contributed by atoms with Gasteiger partial charge in [0.1, 0.15) is 5.82 Å². The van der Waals surface area contributed by atoms with Crippen molar-refractivity contribution in [2.45, 2.75) is 50.6 Å². The zero-order chi connectivity index (χ0) is 30.1.